The molecular weight excluding hydrogens is 202 g/mol. The summed E-state index contributed by atoms with van der Waals surface area (Å²) in [6, 6.07) is 9.43. The van der Waals surface area contributed by atoms with Crippen LogP contribution < -0.4 is 4.74 Å². The number of rotatable bonds is 2. The van der Waals surface area contributed by atoms with E-state index in [0.29, 0.717) is 5.75 Å². The molecule has 16 heavy (non-hydrogen) atoms. The van der Waals surface area contributed by atoms with Gasteiger partial charge in [0.25, 0.3) is 5.88 Å². The largest absolute Gasteiger partial charge is 0.437 e. The van der Waals surface area contributed by atoms with Crippen molar-refractivity contribution in [2.24, 2.45) is 0 Å². The molecule has 1 aromatic heterocycles. The molecule has 78 valence electrons. The van der Waals surface area contributed by atoms with E-state index in [1.807, 2.05) is 37.3 Å². The summed E-state index contributed by atoms with van der Waals surface area (Å²) in [5.41, 5.74) is 1.33. The molecule has 0 radical (unpaired) electrons. The van der Waals surface area contributed by atoms with Gasteiger partial charge in [-0.2, -0.15) is 5.26 Å². The molecule has 0 saturated carbocycles. The van der Waals surface area contributed by atoms with E-state index in [-0.39, 0.29) is 11.6 Å². The van der Waals surface area contributed by atoms with E-state index in [0.717, 1.165) is 5.56 Å². The predicted octanol–water partition coefficient (Wildman–Crippen LogP) is 2.45. The molecule has 1 heterocycles. The average Bonchev–Trinajstić information content (AvgIpc) is 2.33. The summed E-state index contributed by atoms with van der Waals surface area (Å²) in [6.45, 7) is 1.99. The van der Waals surface area contributed by atoms with E-state index >= 15 is 0 Å². The Bertz CT molecular complexity index is 529. The highest BCUT2D eigenvalue weighted by Gasteiger charge is 2.06. The van der Waals surface area contributed by atoms with Gasteiger partial charge in [-0.25, -0.2) is 9.97 Å². The Balaban J connectivity index is 2.27. The maximum Gasteiger partial charge on any atom is 0.256 e. The van der Waals surface area contributed by atoms with E-state index in [9.17, 15) is 0 Å². The number of hydrogen-bond donors (Lipinski definition) is 0. The second-order valence-electron chi connectivity index (χ2n) is 3.24. The molecule has 0 bridgehead atoms. The maximum absolute atomic E-state index is 8.81. The quantitative estimate of drug-likeness (QED) is 0.765. The van der Waals surface area contributed by atoms with Crippen LogP contribution in [0.5, 0.6) is 11.6 Å². The number of aromatic nitrogens is 2. The van der Waals surface area contributed by atoms with Gasteiger partial charge in [-0.15, -0.1) is 0 Å². The molecule has 0 aliphatic rings. The summed E-state index contributed by atoms with van der Waals surface area (Å²) in [5, 5.41) is 8.81. The molecule has 1 aromatic carbocycles. The van der Waals surface area contributed by atoms with Gasteiger partial charge in [0, 0.05) is 12.4 Å². The molecule has 0 unspecified atom stereocenters. The van der Waals surface area contributed by atoms with Crippen molar-refractivity contribution >= 4 is 0 Å². The van der Waals surface area contributed by atoms with Crippen LogP contribution in [0.15, 0.2) is 36.7 Å². The molecular formula is C12H9N3O. The Labute approximate surface area is 93.2 Å². The smallest absolute Gasteiger partial charge is 0.256 e. The molecule has 0 saturated heterocycles. The van der Waals surface area contributed by atoms with Gasteiger partial charge in [0.2, 0.25) is 5.69 Å². The van der Waals surface area contributed by atoms with Gasteiger partial charge in [-0.3, -0.25) is 0 Å². The molecule has 0 aliphatic heterocycles. The number of nitriles is 1. The normalized spacial score (nSPS) is 9.50. The van der Waals surface area contributed by atoms with Crippen molar-refractivity contribution in [2.75, 3.05) is 0 Å². The number of nitrogens with zero attached hydrogens (tertiary/aromatic N) is 3. The lowest BCUT2D eigenvalue weighted by molar-refractivity contribution is 0.458. The van der Waals surface area contributed by atoms with Crippen molar-refractivity contribution in [3.63, 3.8) is 0 Å². The van der Waals surface area contributed by atoms with Crippen LogP contribution in [0.2, 0.25) is 0 Å². The topological polar surface area (TPSA) is 58.8 Å². The Kier molecular flexibility index (Phi) is 2.79. The van der Waals surface area contributed by atoms with Crippen LogP contribution in [0.4, 0.5) is 0 Å². The SMILES string of the molecule is Cc1ccc(Oc2nccnc2C#N)cc1. The third kappa shape index (κ3) is 2.15. The van der Waals surface area contributed by atoms with E-state index < -0.39 is 0 Å². The van der Waals surface area contributed by atoms with Crippen LogP contribution >= 0.6 is 0 Å². The summed E-state index contributed by atoms with van der Waals surface area (Å²) in [5.74, 6) is 0.872. The Hall–Kier alpha value is -2.41. The zero-order valence-corrected chi connectivity index (χ0v) is 8.71. The zero-order valence-electron chi connectivity index (χ0n) is 8.71. The molecule has 2 rings (SSSR count). The maximum atomic E-state index is 8.81. The average molecular weight is 211 g/mol. The Morgan fingerprint density at radius 3 is 2.50 bits per heavy atom. The van der Waals surface area contributed by atoms with Crippen LogP contribution in [-0.4, -0.2) is 9.97 Å². The van der Waals surface area contributed by atoms with Gasteiger partial charge in [0.1, 0.15) is 11.8 Å². The molecule has 0 spiro atoms. The molecule has 2 aromatic rings. The molecule has 0 N–H and O–H groups in total. The molecule has 4 heteroatoms. The first-order chi connectivity index (χ1) is 7.79. The van der Waals surface area contributed by atoms with Gasteiger partial charge in [-0.1, -0.05) is 17.7 Å². The lowest BCUT2D eigenvalue weighted by Crippen LogP contribution is -1.93. The highest BCUT2D eigenvalue weighted by Crippen LogP contribution is 2.21. The van der Waals surface area contributed by atoms with E-state index in [4.69, 9.17) is 10.00 Å². The first-order valence-corrected chi connectivity index (χ1v) is 4.75. The summed E-state index contributed by atoms with van der Waals surface area (Å²) in [6.07, 6.45) is 2.95. The summed E-state index contributed by atoms with van der Waals surface area (Å²) in [4.78, 5) is 7.82. The van der Waals surface area contributed by atoms with Crippen LogP contribution in [0.3, 0.4) is 0 Å². The highest BCUT2D eigenvalue weighted by molar-refractivity contribution is 5.35. The van der Waals surface area contributed by atoms with Crippen LogP contribution in [0, 0.1) is 18.3 Å². The summed E-state index contributed by atoms with van der Waals surface area (Å²) in [7, 11) is 0. The van der Waals surface area contributed by atoms with E-state index in [2.05, 4.69) is 9.97 Å². The number of benzene rings is 1. The zero-order chi connectivity index (χ0) is 11.4. The number of aryl methyl sites for hydroxylation is 1. The molecule has 0 amide bonds. The van der Waals surface area contributed by atoms with Crippen LogP contribution in [0.25, 0.3) is 0 Å². The number of ether oxygens (including phenoxy) is 1. The van der Waals surface area contributed by atoms with Gasteiger partial charge in [-0.05, 0) is 19.1 Å². The number of hydrogen-bond acceptors (Lipinski definition) is 4. The standard InChI is InChI=1S/C12H9N3O/c1-9-2-4-10(5-3-9)16-12-11(8-13)14-6-7-15-12/h2-7H,1H3. The molecule has 0 atom stereocenters. The molecule has 4 nitrogen and oxygen atoms in total. The fourth-order valence-corrected chi connectivity index (χ4v) is 1.19. The van der Waals surface area contributed by atoms with Crippen molar-refractivity contribution in [1.29, 1.82) is 5.26 Å². The highest BCUT2D eigenvalue weighted by atomic mass is 16.5. The fraction of sp³-hybridized carbons (Fsp3) is 0.0833. The van der Waals surface area contributed by atoms with Gasteiger partial charge >= 0.3 is 0 Å². The lowest BCUT2D eigenvalue weighted by Gasteiger charge is -2.04. The summed E-state index contributed by atoms with van der Waals surface area (Å²) >= 11 is 0. The first-order valence-electron chi connectivity index (χ1n) is 4.75. The van der Waals surface area contributed by atoms with Crippen molar-refractivity contribution < 1.29 is 4.74 Å². The lowest BCUT2D eigenvalue weighted by atomic mass is 10.2. The van der Waals surface area contributed by atoms with Crippen molar-refractivity contribution in [3.8, 4) is 17.7 Å². The van der Waals surface area contributed by atoms with Gasteiger partial charge in [0.15, 0.2) is 0 Å². The molecule has 0 aliphatic carbocycles. The third-order valence-corrected chi connectivity index (χ3v) is 2.01. The van der Waals surface area contributed by atoms with Crippen molar-refractivity contribution in [2.45, 2.75) is 6.92 Å². The second kappa shape index (κ2) is 4.41. The first kappa shape index (κ1) is 10.1. The molecule has 0 fully saturated rings. The second-order valence-corrected chi connectivity index (χ2v) is 3.24. The minimum absolute atomic E-state index is 0.183. The fourth-order valence-electron chi connectivity index (χ4n) is 1.19. The minimum Gasteiger partial charge on any atom is -0.437 e. The van der Waals surface area contributed by atoms with Crippen molar-refractivity contribution in [3.05, 3.63) is 47.9 Å². The van der Waals surface area contributed by atoms with E-state index in [1.54, 1.807) is 0 Å². The third-order valence-electron chi connectivity index (χ3n) is 2.01. The van der Waals surface area contributed by atoms with Crippen LogP contribution in [-0.2, 0) is 0 Å². The van der Waals surface area contributed by atoms with Crippen LogP contribution in [0.1, 0.15) is 11.3 Å². The Morgan fingerprint density at radius 2 is 1.81 bits per heavy atom. The minimum atomic E-state index is 0.183. The van der Waals surface area contributed by atoms with Crippen molar-refractivity contribution in [1.82, 2.24) is 9.97 Å². The Morgan fingerprint density at radius 1 is 1.12 bits per heavy atom. The monoisotopic (exact) mass is 211 g/mol. The van der Waals surface area contributed by atoms with E-state index in [1.165, 1.54) is 12.4 Å². The predicted molar refractivity (Wildman–Crippen MR) is 58.0 cm³/mol. The van der Waals surface area contributed by atoms with Gasteiger partial charge in [0.05, 0.1) is 0 Å². The van der Waals surface area contributed by atoms with Gasteiger partial charge < -0.3 is 4.74 Å². The summed E-state index contributed by atoms with van der Waals surface area (Å²) < 4.78 is 5.46.